The highest BCUT2D eigenvalue weighted by atomic mass is 16.5. The van der Waals surface area contributed by atoms with Crippen molar-refractivity contribution in [3.8, 4) is 17.1 Å². The summed E-state index contributed by atoms with van der Waals surface area (Å²) in [5, 5.41) is 2.82. The predicted octanol–water partition coefficient (Wildman–Crippen LogP) is 4.02. The van der Waals surface area contributed by atoms with Gasteiger partial charge >= 0.3 is 0 Å². The minimum Gasteiger partial charge on any atom is -0.496 e. The lowest BCUT2D eigenvalue weighted by Crippen LogP contribution is -2.11. The van der Waals surface area contributed by atoms with Crippen molar-refractivity contribution in [3.63, 3.8) is 0 Å². The fourth-order valence-corrected chi connectivity index (χ4v) is 2.33. The van der Waals surface area contributed by atoms with Crippen molar-refractivity contribution in [1.29, 1.82) is 0 Å². The van der Waals surface area contributed by atoms with Crippen LogP contribution in [0.5, 0.6) is 5.75 Å². The monoisotopic (exact) mass is 321 g/mol. The fraction of sp³-hybridized carbons (Fsp3) is 0.0526. The number of furan rings is 1. The number of benzene rings is 2. The molecule has 1 aromatic heterocycles. The molecule has 0 spiro atoms. The standard InChI is InChI=1S/C19H15NO4/c1-23-17-9-7-13(19(22)20-14-5-3-2-4-6-14)11-16(17)18-10-8-15(12-21)24-18/h2-12H,1H3,(H,20,22). The maximum atomic E-state index is 12.4. The Hall–Kier alpha value is -3.34. The molecule has 2 aromatic carbocycles. The van der Waals surface area contributed by atoms with Gasteiger partial charge in [0.15, 0.2) is 12.0 Å². The van der Waals surface area contributed by atoms with E-state index in [4.69, 9.17) is 9.15 Å². The average molecular weight is 321 g/mol. The lowest BCUT2D eigenvalue weighted by Gasteiger charge is -2.10. The Labute approximate surface area is 138 Å². The summed E-state index contributed by atoms with van der Waals surface area (Å²) < 4.78 is 10.8. The molecule has 5 heteroatoms. The fourth-order valence-electron chi connectivity index (χ4n) is 2.33. The summed E-state index contributed by atoms with van der Waals surface area (Å²) in [6, 6.07) is 17.5. The van der Waals surface area contributed by atoms with Crippen LogP contribution >= 0.6 is 0 Å². The van der Waals surface area contributed by atoms with E-state index in [0.717, 1.165) is 0 Å². The number of nitrogens with one attached hydrogen (secondary N) is 1. The molecule has 3 aromatic rings. The second-order valence-corrected chi connectivity index (χ2v) is 5.06. The van der Waals surface area contributed by atoms with Crippen molar-refractivity contribution in [1.82, 2.24) is 0 Å². The molecule has 1 N–H and O–H groups in total. The first-order valence-electron chi connectivity index (χ1n) is 7.31. The highest BCUT2D eigenvalue weighted by Crippen LogP contribution is 2.32. The van der Waals surface area contributed by atoms with Gasteiger partial charge in [-0.1, -0.05) is 18.2 Å². The summed E-state index contributed by atoms with van der Waals surface area (Å²) in [6.07, 6.45) is 0.627. The van der Waals surface area contributed by atoms with Gasteiger partial charge in [0.25, 0.3) is 5.91 Å². The van der Waals surface area contributed by atoms with E-state index in [0.29, 0.717) is 34.6 Å². The number of amides is 1. The van der Waals surface area contributed by atoms with E-state index in [1.54, 1.807) is 30.3 Å². The SMILES string of the molecule is COc1ccc(C(=O)Nc2ccccc2)cc1-c1ccc(C=O)o1. The van der Waals surface area contributed by atoms with Crippen LogP contribution in [0.2, 0.25) is 0 Å². The van der Waals surface area contributed by atoms with Gasteiger partial charge in [0.2, 0.25) is 0 Å². The molecule has 3 rings (SSSR count). The van der Waals surface area contributed by atoms with E-state index < -0.39 is 0 Å². The third-order valence-corrected chi connectivity index (χ3v) is 3.50. The topological polar surface area (TPSA) is 68.5 Å². The van der Waals surface area contributed by atoms with Gasteiger partial charge < -0.3 is 14.5 Å². The highest BCUT2D eigenvalue weighted by Gasteiger charge is 2.14. The minimum absolute atomic E-state index is 0.214. The lowest BCUT2D eigenvalue weighted by molar-refractivity contribution is 0.102. The molecule has 0 fully saturated rings. The number of hydrogen-bond donors (Lipinski definition) is 1. The van der Waals surface area contributed by atoms with Gasteiger partial charge in [-0.3, -0.25) is 9.59 Å². The van der Waals surface area contributed by atoms with Gasteiger partial charge in [0, 0.05) is 11.3 Å². The molecule has 1 amide bonds. The first-order valence-corrected chi connectivity index (χ1v) is 7.31. The van der Waals surface area contributed by atoms with Gasteiger partial charge in [-0.15, -0.1) is 0 Å². The molecule has 5 nitrogen and oxygen atoms in total. The Morgan fingerprint density at radius 3 is 2.54 bits per heavy atom. The van der Waals surface area contributed by atoms with E-state index in [1.165, 1.54) is 7.11 Å². The summed E-state index contributed by atoms with van der Waals surface area (Å²) in [5.74, 6) is 0.986. The lowest BCUT2D eigenvalue weighted by atomic mass is 10.1. The van der Waals surface area contributed by atoms with Crippen molar-refractivity contribution < 1.29 is 18.7 Å². The third kappa shape index (κ3) is 3.20. The number of methoxy groups -OCH3 is 1. The van der Waals surface area contributed by atoms with Crippen LogP contribution in [0, 0.1) is 0 Å². The molecule has 0 bridgehead atoms. The summed E-state index contributed by atoms with van der Waals surface area (Å²) in [5.41, 5.74) is 1.77. The molecule has 0 aliphatic heterocycles. The van der Waals surface area contributed by atoms with Crippen LogP contribution in [0.3, 0.4) is 0 Å². The zero-order chi connectivity index (χ0) is 16.9. The van der Waals surface area contributed by atoms with Crippen LogP contribution in [-0.4, -0.2) is 19.3 Å². The van der Waals surface area contributed by atoms with Crippen LogP contribution in [0.4, 0.5) is 5.69 Å². The molecule has 0 radical (unpaired) electrons. The first-order chi connectivity index (χ1) is 11.7. The Morgan fingerprint density at radius 2 is 1.88 bits per heavy atom. The van der Waals surface area contributed by atoms with E-state index >= 15 is 0 Å². The first kappa shape index (κ1) is 15.6. The summed E-state index contributed by atoms with van der Waals surface area (Å²) in [4.78, 5) is 23.2. The molecule has 0 atom stereocenters. The Balaban J connectivity index is 1.93. The number of aldehydes is 1. The van der Waals surface area contributed by atoms with Crippen LogP contribution in [-0.2, 0) is 0 Å². The van der Waals surface area contributed by atoms with Gasteiger partial charge in [-0.25, -0.2) is 0 Å². The second kappa shape index (κ2) is 6.83. The molecular weight excluding hydrogens is 306 g/mol. The maximum Gasteiger partial charge on any atom is 0.255 e. The largest absolute Gasteiger partial charge is 0.496 e. The summed E-state index contributed by atoms with van der Waals surface area (Å²) in [7, 11) is 1.53. The van der Waals surface area contributed by atoms with Crippen molar-refractivity contribution >= 4 is 17.9 Å². The average Bonchev–Trinajstić information content (AvgIpc) is 3.11. The van der Waals surface area contributed by atoms with Crippen LogP contribution in [0.1, 0.15) is 20.9 Å². The predicted molar refractivity (Wildman–Crippen MR) is 90.5 cm³/mol. The molecule has 0 aliphatic rings. The number of anilines is 1. The van der Waals surface area contributed by atoms with Crippen molar-refractivity contribution in [2.45, 2.75) is 0 Å². The number of carbonyl (C=O) groups is 2. The molecule has 0 saturated carbocycles. The van der Waals surface area contributed by atoms with Crippen molar-refractivity contribution in [2.75, 3.05) is 12.4 Å². The number of hydrogen-bond acceptors (Lipinski definition) is 4. The zero-order valence-corrected chi connectivity index (χ0v) is 13.0. The Morgan fingerprint density at radius 1 is 1.08 bits per heavy atom. The van der Waals surface area contributed by atoms with E-state index in [9.17, 15) is 9.59 Å². The molecule has 0 saturated heterocycles. The van der Waals surface area contributed by atoms with Crippen molar-refractivity contribution in [3.05, 3.63) is 72.0 Å². The van der Waals surface area contributed by atoms with Crippen LogP contribution in [0.15, 0.2) is 65.1 Å². The molecule has 0 unspecified atom stereocenters. The second-order valence-electron chi connectivity index (χ2n) is 5.06. The van der Waals surface area contributed by atoms with Gasteiger partial charge in [-0.2, -0.15) is 0 Å². The third-order valence-electron chi connectivity index (χ3n) is 3.50. The highest BCUT2D eigenvalue weighted by molar-refractivity contribution is 6.05. The number of para-hydroxylation sites is 1. The number of ether oxygens (including phenoxy) is 1. The van der Waals surface area contributed by atoms with Gasteiger partial charge in [-0.05, 0) is 42.5 Å². The quantitative estimate of drug-likeness (QED) is 0.721. The van der Waals surface area contributed by atoms with Crippen LogP contribution in [0.25, 0.3) is 11.3 Å². The van der Waals surface area contributed by atoms with Gasteiger partial charge in [0.1, 0.15) is 11.5 Å². The Kier molecular flexibility index (Phi) is 4.43. The zero-order valence-electron chi connectivity index (χ0n) is 13.0. The normalized spacial score (nSPS) is 10.2. The molecule has 1 heterocycles. The van der Waals surface area contributed by atoms with Gasteiger partial charge in [0.05, 0.1) is 12.7 Å². The minimum atomic E-state index is -0.243. The number of rotatable bonds is 5. The number of carbonyl (C=O) groups excluding carboxylic acids is 2. The maximum absolute atomic E-state index is 12.4. The van der Waals surface area contributed by atoms with E-state index in [2.05, 4.69) is 5.32 Å². The Bertz CT molecular complexity index is 868. The summed E-state index contributed by atoms with van der Waals surface area (Å²) in [6.45, 7) is 0. The van der Waals surface area contributed by atoms with E-state index in [1.807, 2.05) is 30.3 Å². The summed E-state index contributed by atoms with van der Waals surface area (Å²) >= 11 is 0. The molecule has 24 heavy (non-hydrogen) atoms. The molecule has 120 valence electrons. The molecule has 0 aliphatic carbocycles. The van der Waals surface area contributed by atoms with E-state index in [-0.39, 0.29) is 11.7 Å². The smallest absolute Gasteiger partial charge is 0.255 e. The molecular formula is C19H15NO4. The van der Waals surface area contributed by atoms with Crippen molar-refractivity contribution in [2.24, 2.45) is 0 Å². The van der Waals surface area contributed by atoms with Crippen LogP contribution < -0.4 is 10.1 Å².